The molecule has 0 radical (unpaired) electrons. The van der Waals surface area contributed by atoms with Crippen LogP contribution in [0.15, 0.2) is 0 Å². The summed E-state index contributed by atoms with van der Waals surface area (Å²) >= 11 is 0. The molecular formula is C13H26N2O. The number of nitrogens with one attached hydrogen (secondary N) is 1. The number of hydrogen-bond acceptors (Lipinski definition) is 2. The predicted molar refractivity (Wildman–Crippen MR) is 67.3 cm³/mol. The fourth-order valence-corrected chi connectivity index (χ4v) is 2.12. The minimum atomic E-state index is 0.144. The summed E-state index contributed by atoms with van der Waals surface area (Å²) in [6.07, 6.45) is 2.30. The fraction of sp³-hybridized carbons (Fsp3) is 0.923. The highest BCUT2D eigenvalue weighted by molar-refractivity contribution is 5.78. The standard InChI is InChI=1S/C13H26N2O/c1-10(2)13(16)15-7-5-12(6-8-15)9-14-11(3)4/h10-12,14H,5-9H2,1-4H3. The van der Waals surface area contributed by atoms with Gasteiger partial charge in [0, 0.05) is 25.0 Å². The first-order chi connectivity index (χ1) is 7.50. The van der Waals surface area contributed by atoms with Crippen LogP contribution >= 0.6 is 0 Å². The van der Waals surface area contributed by atoms with Crippen molar-refractivity contribution in [2.45, 2.75) is 46.6 Å². The first-order valence-corrected chi connectivity index (χ1v) is 6.53. The first-order valence-electron chi connectivity index (χ1n) is 6.53. The number of amides is 1. The zero-order valence-corrected chi connectivity index (χ0v) is 11.1. The summed E-state index contributed by atoms with van der Waals surface area (Å²) in [4.78, 5) is 13.8. The van der Waals surface area contributed by atoms with Crippen LogP contribution in [0.5, 0.6) is 0 Å². The lowest BCUT2D eigenvalue weighted by molar-refractivity contribution is -0.135. The lowest BCUT2D eigenvalue weighted by Crippen LogP contribution is -2.43. The summed E-state index contributed by atoms with van der Waals surface area (Å²) in [5.41, 5.74) is 0. The molecule has 0 aliphatic carbocycles. The molecule has 16 heavy (non-hydrogen) atoms. The number of nitrogens with zero attached hydrogens (tertiary/aromatic N) is 1. The quantitative estimate of drug-likeness (QED) is 0.794. The van der Waals surface area contributed by atoms with Crippen LogP contribution in [0.4, 0.5) is 0 Å². The Morgan fingerprint density at radius 1 is 1.25 bits per heavy atom. The summed E-state index contributed by atoms with van der Waals surface area (Å²) in [5, 5.41) is 3.48. The SMILES string of the molecule is CC(C)NCC1CCN(C(=O)C(C)C)CC1. The summed E-state index contributed by atoms with van der Waals surface area (Å²) < 4.78 is 0. The molecule has 1 amide bonds. The summed E-state index contributed by atoms with van der Waals surface area (Å²) in [5.74, 6) is 1.21. The summed E-state index contributed by atoms with van der Waals surface area (Å²) in [6.45, 7) is 11.3. The maximum Gasteiger partial charge on any atom is 0.225 e. The maximum absolute atomic E-state index is 11.8. The molecule has 0 unspecified atom stereocenters. The molecule has 0 bridgehead atoms. The number of hydrogen-bond donors (Lipinski definition) is 1. The van der Waals surface area contributed by atoms with E-state index in [1.807, 2.05) is 18.7 Å². The Kier molecular flexibility index (Phi) is 5.26. The summed E-state index contributed by atoms with van der Waals surface area (Å²) in [6, 6.07) is 0.565. The molecule has 94 valence electrons. The molecule has 1 saturated heterocycles. The second kappa shape index (κ2) is 6.24. The van der Waals surface area contributed by atoms with E-state index in [0.717, 1.165) is 38.4 Å². The van der Waals surface area contributed by atoms with Crippen LogP contribution in [0.25, 0.3) is 0 Å². The Morgan fingerprint density at radius 2 is 1.81 bits per heavy atom. The normalized spacial score (nSPS) is 18.5. The first kappa shape index (κ1) is 13.5. The Hall–Kier alpha value is -0.570. The van der Waals surface area contributed by atoms with Crippen LogP contribution in [0.2, 0.25) is 0 Å². The third kappa shape index (κ3) is 4.12. The highest BCUT2D eigenvalue weighted by Gasteiger charge is 2.23. The van der Waals surface area contributed by atoms with Crippen molar-refractivity contribution in [1.82, 2.24) is 10.2 Å². The van der Waals surface area contributed by atoms with E-state index in [2.05, 4.69) is 19.2 Å². The molecule has 0 aromatic carbocycles. The smallest absolute Gasteiger partial charge is 0.225 e. The zero-order valence-electron chi connectivity index (χ0n) is 11.1. The molecule has 1 aliphatic rings. The maximum atomic E-state index is 11.8. The number of likely N-dealkylation sites (tertiary alicyclic amines) is 1. The van der Waals surface area contributed by atoms with Gasteiger partial charge in [-0.3, -0.25) is 4.79 Å². The van der Waals surface area contributed by atoms with Gasteiger partial charge in [-0.15, -0.1) is 0 Å². The van der Waals surface area contributed by atoms with E-state index in [1.165, 1.54) is 0 Å². The van der Waals surface area contributed by atoms with Gasteiger partial charge in [0.05, 0.1) is 0 Å². The van der Waals surface area contributed by atoms with Gasteiger partial charge in [-0.25, -0.2) is 0 Å². The van der Waals surface area contributed by atoms with Crippen LogP contribution in [-0.2, 0) is 4.79 Å². The van der Waals surface area contributed by atoms with Crippen molar-refractivity contribution in [3.8, 4) is 0 Å². The van der Waals surface area contributed by atoms with E-state index in [0.29, 0.717) is 11.9 Å². The van der Waals surface area contributed by atoms with Crippen LogP contribution in [0.1, 0.15) is 40.5 Å². The molecule has 3 nitrogen and oxygen atoms in total. The van der Waals surface area contributed by atoms with E-state index in [9.17, 15) is 4.79 Å². The average molecular weight is 226 g/mol. The third-order valence-corrected chi connectivity index (χ3v) is 3.23. The molecule has 0 spiro atoms. The van der Waals surface area contributed by atoms with Crippen molar-refractivity contribution in [3.05, 3.63) is 0 Å². The van der Waals surface area contributed by atoms with Crippen LogP contribution in [0.3, 0.4) is 0 Å². The molecule has 0 aromatic rings. The number of rotatable bonds is 4. The Balaban J connectivity index is 2.26. The molecule has 0 aromatic heterocycles. The van der Waals surface area contributed by atoms with E-state index < -0.39 is 0 Å². The second-order valence-corrected chi connectivity index (χ2v) is 5.49. The van der Waals surface area contributed by atoms with Crippen LogP contribution < -0.4 is 5.32 Å². The monoisotopic (exact) mass is 226 g/mol. The summed E-state index contributed by atoms with van der Waals surface area (Å²) in [7, 11) is 0. The van der Waals surface area contributed by atoms with E-state index in [1.54, 1.807) is 0 Å². The Morgan fingerprint density at radius 3 is 2.25 bits per heavy atom. The van der Waals surface area contributed by atoms with Gasteiger partial charge in [0.2, 0.25) is 5.91 Å². The molecule has 1 N–H and O–H groups in total. The topological polar surface area (TPSA) is 32.3 Å². The van der Waals surface area contributed by atoms with E-state index in [-0.39, 0.29) is 5.92 Å². The highest BCUT2D eigenvalue weighted by atomic mass is 16.2. The number of carbonyl (C=O) groups excluding carboxylic acids is 1. The Bertz CT molecular complexity index is 218. The van der Waals surface area contributed by atoms with Crippen molar-refractivity contribution in [1.29, 1.82) is 0 Å². The van der Waals surface area contributed by atoms with E-state index >= 15 is 0 Å². The van der Waals surface area contributed by atoms with Gasteiger partial charge in [0.25, 0.3) is 0 Å². The van der Waals surface area contributed by atoms with Gasteiger partial charge in [-0.1, -0.05) is 27.7 Å². The predicted octanol–water partition coefficient (Wildman–Crippen LogP) is 1.88. The molecule has 1 rings (SSSR count). The zero-order chi connectivity index (χ0) is 12.1. The number of carbonyl (C=O) groups is 1. The average Bonchev–Trinajstić information content (AvgIpc) is 2.26. The van der Waals surface area contributed by atoms with Crippen molar-refractivity contribution in [2.75, 3.05) is 19.6 Å². The molecule has 3 heteroatoms. The van der Waals surface area contributed by atoms with Gasteiger partial charge < -0.3 is 10.2 Å². The molecule has 0 saturated carbocycles. The van der Waals surface area contributed by atoms with Crippen molar-refractivity contribution in [2.24, 2.45) is 11.8 Å². The van der Waals surface area contributed by atoms with Gasteiger partial charge >= 0.3 is 0 Å². The minimum absolute atomic E-state index is 0.144. The van der Waals surface area contributed by atoms with Crippen LogP contribution in [0, 0.1) is 11.8 Å². The Labute approximate surface area is 99.6 Å². The van der Waals surface area contributed by atoms with Crippen LogP contribution in [-0.4, -0.2) is 36.5 Å². The molecule has 1 fully saturated rings. The van der Waals surface area contributed by atoms with Gasteiger partial charge in [-0.2, -0.15) is 0 Å². The second-order valence-electron chi connectivity index (χ2n) is 5.49. The largest absolute Gasteiger partial charge is 0.342 e. The van der Waals surface area contributed by atoms with Gasteiger partial charge in [-0.05, 0) is 25.3 Å². The molecule has 1 aliphatic heterocycles. The van der Waals surface area contributed by atoms with Crippen molar-refractivity contribution >= 4 is 5.91 Å². The van der Waals surface area contributed by atoms with Crippen molar-refractivity contribution in [3.63, 3.8) is 0 Å². The van der Waals surface area contributed by atoms with Gasteiger partial charge in [0.15, 0.2) is 0 Å². The van der Waals surface area contributed by atoms with Crippen molar-refractivity contribution < 1.29 is 4.79 Å². The molecule has 1 heterocycles. The van der Waals surface area contributed by atoms with E-state index in [4.69, 9.17) is 0 Å². The third-order valence-electron chi connectivity index (χ3n) is 3.23. The minimum Gasteiger partial charge on any atom is -0.342 e. The number of piperidine rings is 1. The lowest BCUT2D eigenvalue weighted by Gasteiger charge is -2.33. The highest BCUT2D eigenvalue weighted by Crippen LogP contribution is 2.18. The fourth-order valence-electron chi connectivity index (χ4n) is 2.12. The molecule has 0 atom stereocenters. The lowest BCUT2D eigenvalue weighted by atomic mass is 9.95. The molecular weight excluding hydrogens is 200 g/mol. The van der Waals surface area contributed by atoms with Gasteiger partial charge in [0.1, 0.15) is 0 Å².